The van der Waals surface area contributed by atoms with E-state index in [4.69, 9.17) is 14.9 Å². The van der Waals surface area contributed by atoms with E-state index in [9.17, 15) is 9.90 Å². The topological polar surface area (TPSA) is 110 Å². The van der Waals surface area contributed by atoms with Crippen molar-refractivity contribution in [2.45, 2.75) is 38.5 Å². The zero-order chi connectivity index (χ0) is 24.2. The maximum atomic E-state index is 12.5. The predicted octanol–water partition coefficient (Wildman–Crippen LogP) is 3.81. The van der Waals surface area contributed by atoms with Crippen molar-refractivity contribution in [3.05, 3.63) is 58.3 Å². The first-order valence-corrected chi connectivity index (χ1v) is 12.2. The Bertz CT molecular complexity index is 1080. The van der Waals surface area contributed by atoms with Crippen molar-refractivity contribution >= 4 is 11.0 Å². The summed E-state index contributed by atoms with van der Waals surface area (Å²) in [7, 11) is 1.44. The summed E-state index contributed by atoms with van der Waals surface area (Å²) in [5, 5.41) is 17.3. The number of aryl methyl sites for hydroxylation is 1. The number of methoxy groups -OCH3 is 1. The number of ether oxygens (including phenoxy) is 1. The summed E-state index contributed by atoms with van der Waals surface area (Å²) in [6.45, 7) is 4.95. The molecule has 184 valence electrons. The Morgan fingerprint density at radius 2 is 1.59 bits per heavy atom. The molecule has 5 N–H and O–H groups in total. The molecule has 1 heterocycles. The van der Waals surface area contributed by atoms with Crippen LogP contribution in [-0.4, -0.2) is 44.9 Å². The number of phenolic OH excluding ortho intramolecular Hbond substituents is 1. The second-order valence-corrected chi connectivity index (χ2v) is 8.47. The van der Waals surface area contributed by atoms with E-state index in [1.54, 1.807) is 6.07 Å². The molecular formula is C27H37N3O4. The molecule has 0 bridgehead atoms. The molecule has 0 aliphatic carbocycles. The van der Waals surface area contributed by atoms with E-state index in [0.717, 1.165) is 76.8 Å². The number of fused-ring (bicyclic) bond motifs is 1. The van der Waals surface area contributed by atoms with Crippen LogP contribution in [0.25, 0.3) is 22.3 Å². The van der Waals surface area contributed by atoms with Gasteiger partial charge in [0.1, 0.15) is 5.76 Å². The predicted molar refractivity (Wildman–Crippen MR) is 138 cm³/mol. The highest BCUT2D eigenvalue weighted by Crippen LogP contribution is 2.35. The third kappa shape index (κ3) is 7.32. The van der Waals surface area contributed by atoms with E-state index in [1.165, 1.54) is 24.8 Å². The van der Waals surface area contributed by atoms with E-state index in [0.29, 0.717) is 11.1 Å². The largest absolute Gasteiger partial charge is 0.504 e. The molecule has 0 amide bonds. The quantitative estimate of drug-likeness (QED) is 0.252. The zero-order valence-corrected chi connectivity index (χ0v) is 20.1. The highest BCUT2D eigenvalue weighted by atomic mass is 16.5. The number of aromatic hydroxyl groups is 1. The molecule has 0 atom stereocenters. The molecule has 1 aromatic heterocycles. The number of benzene rings is 2. The van der Waals surface area contributed by atoms with Crippen LogP contribution in [0.4, 0.5) is 0 Å². The number of phenols is 1. The molecule has 2 aromatic carbocycles. The van der Waals surface area contributed by atoms with Gasteiger partial charge >= 0.3 is 0 Å². The number of nitrogens with two attached hydrogens (primary N) is 1. The van der Waals surface area contributed by atoms with Gasteiger partial charge in [-0.05, 0) is 88.9 Å². The van der Waals surface area contributed by atoms with Crippen molar-refractivity contribution in [1.29, 1.82) is 0 Å². The molecule has 0 unspecified atom stereocenters. The molecule has 34 heavy (non-hydrogen) atoms. The molecule has 0 aliphatic rings. The Hall–Kier alpha value is -2.87. The summed E-state index contributed by atoms with van der Waals surface area (Å²) in [6, 6.07) is 12.5. The third-order valence-corrected chi connectivity index (χ3v) is 5.86. The lowest BCUT2D eigenvalue weighted by Crippen LogP contribution is -2.23. The smallest absolute Gasteiger partial charge is 0.204 e. The van der Waals surface area contributed by atoms with Crippen molar-refractivity contribution in [1.82, 2.24) is 10.6 Å². The second kappa shape index (κ2) is 13.7. The van der Waals surface area contributed by atoms with Gasteiger partial charge in [-0.1, -0.05) is 24.3 Å². The molecule has 3 rings (SSSR count). The SMILES string of the molecule is COc1c(O)ccc2c(=O)cc(-c3ccc(CCCCNCCCNCCCCN)cc3)oc12. The highest BCUT2D eigenvalue weighted by Gasteiger charge is 2.14. The lowest BCUT2D eigenvalue weighted by Gasteiger charge is -2.09. The fourth-order valence-corrected chi connectivity index (χ4v) is 3.92. The fourth-order valence-electron chi connectivity index (χ4n) is 3.92. The van der Waals surface area contributed by atoms with Crippen molar-refractivity contribution in [3.8, 4) is 22.8 Å². The van der Waals surface area contributed by atoms with E-state index in [1.807, 2.05) is 12.1 Å². The number of nitrogens with one attached hydrogen (secondary N) is 2. The Morgan fingerprint density at radius 3 is 2.26 bits per heavy atom. The van der Waals surface area contributed by atoms with Crippen LogP contribution in [0.5, 0.6) is 11.5 Å². The minimum absolute atomic E-state index is 0.0601. The average molecular weight is 468 g/mol. The normalized spacial score (nSPS) is 11.2. The summed E-state index contributed by atoms with van der Waals surface area (Å²) in [4.78, 5) is 12.5. The van der Waals surface area contributed by atoms with Crippen LogP contribution in [0.3, 0.4) is 0 Å². The summed E-state index contributed by atoms with van der Waals surface area (Å²) in [5.41, 5.74) is 7.63. The van der Waals surface area contributed by atoms with Crippen LogP contribution < -0.4 is 26.5 Å². The molecule has 0 radical (unpaired) electrons. The maximum Gasteiger partial charge on any atom is 0.204 e. The Kier molecular flexibility index (Phi) is 10.4. The molecule has 0 aliphatic heterocycles. The lowest BCUT2D eigenvalue weighted by atomic mass is 10.0. The van der Waals surface area contributed by atoms with Crippen LogP contribution in [0.15, 0.2) is 51.7 Å². The standard InChI is InChI=1S/C27H37N3O4/c1-33-27-23(31)13-12-22-24(32)19-25(34-26(22)27)21-10-8-20(9-11-21)7-2-4-15-29-17-6-18-30-16-5-3-14-28/h8-13,19,29-31H,2-7,14-18,28H2,1H3. The first kappa shape index (κ1) is 25.7. The molecule has 7 heteroatoms. The first-order chi connectivity index (χ1) is 16.6. The number of hydrogen-bond donors (Lipinski definition) is 4. The number of rotatable bonds is 15. The molecular weight excluding hydrogens is 430 g/mol. The summed E-state index contributed by atoms with van der Waals surface area (Å²) in [6.07, 6.45) is 6.64. The maximum absolute atomic E-state index is 12.5. The molecule has 0 saturated heterocycles. The van der Waals surface area contributed by atoms with Gasteiger partial charge in [0.05, 0.1) is 12.5 Å². The first-order valence-electron chi connectivity index (χ1n) is 12.2. The van der Waals surface area contributed by atoms with Gasteiger partial charge in [0.2, 0.25) is 5.75 Å². The van der Waals surface area contributed by atoms with Gasteiger partial charge in [-0.15, -0.1) is 0 Å². The van der Waals surface area contributed by atoms with Crippen molar-refractivity contribution in [3.63, 3.8) is 0 Å². The third-order valence-electron chi connectivity index (χ3n) is 5.86. The Morgan fingerprint density at radius 1 is 0.912 bits per heavy atom. The van der Waals surface area contributed by atoms with E-state index in [-0.39, 0.29) is 22.5 Å². The fraction of sp³-hybridized carbons (Fsp3) is 0.444. The zero-order valence-electron chi connectivity index (χ0n) is 20.1. The van der Waals surface area contributed by atoms with E-state index >= 15 is 0 Å². The van der Waals surface area contributed by atoms with Gasteiger partial charge in [-0.2, -0.15) is 0 Å². The van der Waals surface area contributed by atoms with E-state index < -0.39 is 0 Å². The van der Waals surface area contributed by atoms with Crippen LogP contribution in [-0.2, 0) is 6.42 Å². The van der Waals surface area contributed by atoms with Gasteiger partial charge in [0, 0.05) is 11.6 Å². The molecule has 0 saturated carbocycles. The van der Waals surface area contributed by atoms with Crippen LogP contribution in [0.2, 0.25) is 0 Å². The summed E-state index contributed by atoms with van der Waals surface area (Å²) < 4.78 is 11.2. The molecule has 0 spiro atoms. The number of hydrogen-bond acceptors (Lipinski definition) is 7. The van der Waals surface area contributed by atoms with E-state index in [2.05, 4.69) is 22.8 Å². The van der Waals surface area contributed by atoms with Crippen molar-refractivity contribution < 1.29 is 14.3 Å². The van der Waals surface area contributed by atoms with Crippen LogP contribution >= 0.6 is 0 Å². The monoisotopic (exact) mass is 467 g/mol. The second-order valence-electron chi connectivity index (χ2n) is 8.47. The van der Waals surface area contributed by atoms with Crippen molar-refractivity contribution in [2.24, 2.45) is 5.73 Å². The molecule has 7 nitrogen and oxygen atoms in total. The van der Waals surface area contributed by atoms with Gasteiger partial charge in [0.25, 0.3) is 0 Å². The Labute approximate surface area is 201 Å². The van der Waals surface area contributed by atoms with Gasteiger partial charge in [0.15, 0.2) is 16.8 Å². The minimum Gasteiger partial charge on any atom is -0.504 e. The number of unbranched alkanes of at least 4 members (excludes halogenated alkanes) is 2. The van der Waals surface area contributed by atoms with Crippen molar-refractivity contribution in [2.75, 3.05) is 39.8 Å². The molecule has 3 aromatic rings. The lowest BCUT2D eigenvalue weighted by molar-refractivity contribution is 0.371. The Balaban J connectivity index is 1.43. The van der Waals surface area contributed by atoms with Gasteiger partial charge < -0.3 is 30.6 Å². The van der Waals surface area contributed by atoms with Crippen LogP contribution in [0, 0.1) is 0 Å². The summed E-state index contributed by atoms with van der Waals surface area (Å²) in [5.74, 6) is 0.557. The summed E-state index contributed by atoms with van der Waals surface area (Å²) >= 11 is 0. The molecule has 0 fully saturated rings. The highest BCUT2D eigenvalue weighted by molar-refractivity contribution is 5.86. The van der Waals surface area contributed by atoms with Gasteiger partial charge in [-0.25, -0.2) is 0 Å². The van der Waals surface area contributed by atoms with Gasteiger partial charge in [-0.3, -0.25) is 4.79 Å². The minimum atomic E-state index is -0.173. The van der Waals surface area contributed by atoms with Crippen LogP contribution in [0.1, 0.15) is 37.7 Å². The average Bonchev–Trinajstić information content (AvgIpc) is 2.85.